The van der Waals surface area contributed by atoms with E-state index in [1.54, 1.807) is 45.9 Å². The molecule has 0 aliphatic rings. The van der Waals surface area contributed by atoms with Crippen molar-refractivity contribution in [3.8, 4) is 0 Å². The number of rotatable bonds is 10. The number of benzene rings is 1. The lowest BCUT2D eigenvalue weighted by atomic mass is 10.1. The number of aromatic nitrogens is 1. The Morgan fingerprint density at radius 1 is 1.06 bits per heavy atom. The van der Waals surface area contributed by atoms with Gasteiger partial charge in [-0.3, -0.25) is 9.52 Å². The topological polar surface area (TPSA) is 127 Å². The van der Waals surface area contributed by atoms with E-state index in [1.807, 2.05) is 0 Å². The number of H-pyrrole nitrogens is 1. The maximum atomic E-state index is 12.9. The molecule has 170 valence electrons. The first-order valence-electron chi connectivity index (χ1n) is 9.88. The second kappa shape index (κ2) is 10.5. The van der Waals surface area contributed by atoms with Gasteiger partial charge < -0.3 is 19.8 Å². The van der Waals surface area contributed by atoms with Crippen molar-refractivity contribution in [2.75, 3.05) is 36.1 Å². The Morgan fingerprint density at radius 2 is 1.74 bits per heavy atom. The van der Waals surface area contributed by atoms with Crippen LogP contribution in [0.5, 0.6) is 0 Å². The molecule has 3 N–H and O–H groups in total. The van der Waals surface area contributed by atoms with Crippen LogP contribution < -0.4 is 10.0 Å². The van der Waals surface area contributed by atoms with Gasteiger partial charge in [-0.2, -0.15) is 0 Å². The van der Waals surface area contributed by atoms with E-state index in [-0.39, 0.29) is 24.7 Å². The van der Waals surface area contributed by atoms with E-state index < -0.39 is 21.9 Å². The van der Waals surface area contributed by atoms with Crippen LogP contribution in [0, 0.1) is 20.8 Å². The van der Waals surface area contributed by atoms with Crippen molar-refractivity contribution in [2.45, 2.75) is 34.1 Å². The van der Waals surface area contributed by atoms with Crippen molar-refractivity contribution in [3.05, 3.63) is 46.3 Å². The van der Waals surface area contributed by atoms with Gasteiger partial charge in [0, 0.05) is 18.5 Å². The zero-order valence-corrected chi connectivity index (χ0v) is 19.2. The summed E-state index contributed by atoms with van der Waals surface area (Å²) in [5.74, 6) is -0.980. The van der Waals surface area contributed by atoms with Gasteiger partial charge in [0.05, 0.1) is 23.6 Å². The molecule has 1 aromatic heterocycles. The molecule has 2 rings (SSSR count). The van der Waals surface area contributed by atoms with Crippen LogP contribution >= 0.6 is 0 Å². The molecule has 0 saturated carbocycles. The summed E-state index contributed by atoms with van der Waals surface area (Å²) in [4.78, 5) is 28.2. The lowest BCUT2D eigenvalue weighted by Crippen LogP contribution is -2.18. The van der Waals surface area contributed by atoms with E-state index in [4.69, 9.17) is 9.47 Å². The molecule has 31 heavy (non-hydrogen) atoms. The second-order valence-electron chi connectivity index (χ2n) is 7.11. The van der Waals surface area contributed by atoms with Crippen LogP contribution in [0.2, 0.25) is 0 Å². The van der Waals surface area contributed by atoms with Gasteiger partial charge in [0.25, 0.3) is 5.91 Å². The van der Waals surface area contributed by atoms with Gasteiger partial charge >= 0.3 is 5.97 Å². The van der Waals surface area contributed by atoms with E-state index >= 15 is 0 Å². The van der Waals surface area contributed by atoms with Crippen LogP contribution in [0.4, 0.5) is 11.4 Å². The molecule has 0 aliphatic heterocycles. The van der Waals surface area contributed by atoms with Crippen molar-refractivity contribution < 1.29 is 27.5 Å². The van der Waals surface area contributed by atoms with E-state index in [9.17, 15) is 18.0 Å². The highest BCUT2D eigenvalue weighted by Crippen LogP contribution is 2.26. The largest absolute Gasteiger partial charge is 0.460 e. The Bertz CT molecular complexity index is 1060. The van der Waals surface area contributed by atoms with Crippen LogP contribution in [0.15, 0.2) is 18.2 Å². The number of amides is 1. The van der Waals surface area contributed by atoms with E-state index in [1.165, 1.54) is 7.11 Å². The number of ether oxygens (including phenoxy) is 2. The van der Waals surface area contributed by atoms with E-state index in [2.05, 4.69) is 15.0 Å². The monoisotopic (exact) mass is 451 g/mol. The number of hydrogen-bond donors (Lipinski definition) is 3. The lowest BCUT2D eigenvalue weighted by molar-refractivity contribution is 0.0386. The van der Waals surface area contributed by atoms with E-state index in [0.29, 0.717) is 40.2 Å². The molecule has 0 saturated heterocycles. The standard InChI is InChI=1S/C21H29N3O6S/c1-6-12-31(27,28)24-17-9-7-8-16(13(17)2)23-20(25)19-14(3)18(15(4)22-19)21(26)30-11-10-29-5/h7-9,22,24H,6,10-12H2,1-5H3,(H,23,25). The summed E-state index contributed by atoms with van der Waals surface area (Å²) in [6.45, 7) is 7.23. The smallest absolute Gasteiger partial charge is 0.340 e. The first kappa shape index (κ1) is 24.4. The molecular formula is C21H29N3O6S. The molecule has 1 heterocycles. The molecule has 0 radical (unpaired) electrons. The number of sulfonamides is 1. The summed E-state index contributed by atoms with van der Waals surface area (Å²) in [6.07, 6.45) is 0.493. The van der Waals surface area contributed by atoms with Crippen molar-refractivity contribution in [3.63, 3.8) is 0 Å². The third-order valence-electron chi connectivity index (χ3n) is 4.71. The Balaban J connectivity index is 2.24. The number of nitrogens with one attached hydrogen (secondary N) is 3. The molecule has 0 aliphatic carbocycles. The maximum Gasteiger partial charge on any atom is 0.340 e. The van der Waals surface area contributed by atoms with Crippen molar-refractivity contribution in [1.82, 2.24) is 4.98 Å². The molecule has 10 heteroatoms. The molecule has 0 atom stereocenters. The Labute approximate surface area is 182 Å². The van der Waals surface area contributed by atoms with Crippen molar-refractivity contribution in [1.29, 1.82) is 0 Å². The highest BCUT2D eigenvalue weighted by Gasteiger charge is 2.23. The fourth-order valence-electron chi connectivity index (χ4n) is 3.13. The molecule has 0 bridgehead atoms. The van der Waals surface area contributed by atoms with Crippen molar-refractivity contribution >= 4 is 33.3 Å². The molecule has 2 aromatic rings. The minimum absolute atomic E-state index is 0.00717. The fraction of sp³-hybridized carbons (Fsp3) is 0.429. The summed E-state index contributed by atoms with van der Waals surface area (Å²) in [7, 11) is -1.95. The number of esters is 1. The molecular weight excluding hydrogens is 422 g/mol. The lowest BCUT2D eigenvalue weighted by Gasteiger charge is -2.14. The summed E-state index contributed by atoms with van der Waals surface area (Å²) >= 11 is 0. The van der Waals surface area contributed by atoms with Gasteiger partial charge in [0.1, 0.15) is 12.3 Å². The Hall–Kier alpha value is -2.85. The summed E-state index contributed by atoms with van der Waals surface area (Å²) in [5, 5.41) is 2.78. The summed E-state index contributed by atoms with van der Waals surface area (Å²) in [5.41, 5.74) is 2.95. The Kier molecular flexibility index (Phi) is 8.23. The first-order valence-corrected chi connectivity index (χ1v) is 11.5. The van der Waals surface area contributed by atoms with Crippen LogP contribution in [0.3, 0.4) is 0 Å². The molecule has 0 spiro atoms. The fourth-order valence-corrected chi connectivity index (χ4v) is 4.32. The third-order valence-corrected chi connectivity index (χ3v) is 6.19. The van der Waals surface area contributed by atoms with Gasteiger partial charge in [0.15, 0.2) is 0 Å². The number of hydrogen-bond acceptors (Lipinski definition) is 6. The SMILES string of the molecule is CCCS(=O)(=O)Nc1cccc(NC(=O)c2[nH]c(C)c(C(=O)OCCOC)c2C)c1C. The van der Waals surface area contributed by atoms with Gasteiger partial charge in [-0.25, -0.2) is 13.2 Å². The summed E-state index contributed by atoms with van der Waals surface area (Å²) < 4.78 is 36.8. The highest BCUT2D eigenvalue weighted by atomic mass is 32.2. The molecule has 1 amide bonds. The number of aromatic amines is 1. The first-order chi connectivity index (χ1) is 14.6. The molecule has 0 fully saturated rings. The highest BCUT2D eigenvalue weighted by molar-refractivity contribution is 7.92. The number of carbonyl (C=O) groups excluding carboxylic acids is 2. The number of carbonyl (C=O) groups is 2. The normalized spacial score (nSPS) is 11.3. The predicted molar refractivity (Wildman–Crippen MR) is 119 cm³/mol. The average Bonchev–Trinajstić information content (AvgIpc) is 2.99. The zero-order chi connectivity index (χ0) is 23.2. The van der Waals surface area contributed by atoms with E-state index in [0.717, 1.165) is 0 Å². The number of methoxy groups -OCH3 is 1. The minimum atomic E-state index is -3.46. The molecule has 9 nitrogen and oxygen atoms in total. The molecule has 1 aromatic carbocycles. The molecule has 0 unspecified atom stereocenters. The third kappa shape index (κ3) is 6.08. The van der Waals surface area contributed by atoms with Crippen LogP contribution in [-0.2, 0) is 19.5 Å². The van der Waals surface area contributed by atoms with Crippen LogP contribution in [0.1, 0.15) is 51.0 Å². The summed E-state index contributed by atoms with van der Waals surface area (Å²) in [6, 6.07) is 4.96. The minimum Gasteiger partial charge on any atom is -0.460 e. The van der Waals surface area contributed by atoms with Gasteiger partial charge in [-0.1, -0.05) is 13.0 Å². The Morgan fingerprint density at radius 3 is 2.39 bits per heavy atom. The van der Waals surface area contributed by atoms with Gasteiger partial charge in [-0.05, 0) is 50.5 Å². The van der Waals surface area contributed by atoms with Crippen LogP contribution in [-0.4, -0.2) is 51.4 Å². The predicted octanol–water partition coefficient (Wildman–Crippen LogP) is 3.15. The zero-order valence-electron chi connectivity index (χ0n) is 18.4. The number of anilines is 2. The number of aryl methyl sites for hydroxylation is 1. The quantitative estimate of drug-likeness (QED) is 0.376. The van der Waals surface area contributed by atoms with Crippen LogP contribution in [0.25, 0.3) is 0 Å². The average molecular weight is 452 g/mol. The van der Waals surface area contributed by atoms with Gasteiger partial charge in [-0.15, -0.1) is 0 Å². The van der Waals surface area contributed by atoms with Crippen molar-refractivity contribution in [2.24, 2.45) is 0 Å². The maximum absolute atomic E-state index is 12.9. The second-order valence-corrected chi connectivity index (χ2v) is 8.95. The van der Waals surface area contributed by atoms with Gasteiger partial charge in [0.2, 0.25) is 10.0 Å².